The van der Waals surface area contributed by atoms with Crippen molar-refractivity contribution >= 4 is 23.3 Å². The number of carbonyl (C=O) groups excluding carboxylic acids is 4. The molecule has 0 rings (SSSR count). The first-order valence-electron chi connectivity index (χ1n) is 21.1. The van der Waals surface area contributed by atoms with Crippen LogP contribution in [0.2, 0.25) is 0 Å². The number of ether oxygens (including phenoxy) is 1. The van der Waals surface area contributed by atoms with Gasteiger partial charge in [0, 0.05) is 25.7 Å². The van der Waals surface area contributed by atoms with Gasteiger partial charge in [-0.15, -0.1) is 0 Å². The summed E-state index contributed by atoms with van der Waals surface area (Å²) in [6.45, 7) is 7.24. The van der Waals surface area contributed by atoms with E-state index in [1.807, 2.05) is 0 Å². The molecule has 0 aromatic rings. The van der Waals surface area contributed by atoms with Crippen LogP contribution in [-0.4, -0.2) is 85.0 Å². The van der Waals surface area contributed by atoms with E-state index in [9.17, 15) is 44.7 Å². The fourth-order valence-corrected chi connectivity index (χ4v) is 6.72. The maximum atomic E-state index is 14.0. The fraction of sp³-hybridized carbons (Fsp3) is 0.905. The molecule has 0 fully saturated rings. The minimum absolute atomic E-state index is 0.00516. The van der Waals surface area contributed by atoms with Crippen molar-refractivity contribution in [2.45, 2.75) is 237 Å². The van der Waals surface area contributed by atoms with Gasteiger partial charge in [0.2, 0.25) is 0 Å². The monoisotopic (exact) mass is 743 g/mol. The van der Waals surface area contributed by atoms with Gasteiger partial charge in [-0.1, -0.05) is 156 Å². The first-order valence-corrected chi connectivity index (χ1v) is 21.1. The first kappa shape index (κ1) is 50.3. The van der Waals surface area contributed by atoms with E-state index in [1.54, 1.807) is 0 Å². The lowest BCUT2D eigenvalue weighted by Gasteiger charge is -2.45. The SMILES string of the molecule is CCCCCCCCC(=O)OC[C@](O)(C(=O)CCCCCCCC)[C@](O)(C(=O)CCCCCCCC)[C@H](O)[C@@H](O)C(O)C(=O)CCCCCCCC. The average molecular weight is 743 g/mol. The molecule has 0 heterocycles. The van der Waals surface area contributed by atoms with Gasteiger partial charge < -0.3 is 30.3 Å². The predicted molar refractivity (Wildman–Crippen MR) is 206 cm³/mol. The Morgan fingerprint density at radius 1 is 0.481 bits per heavy atom. The van der Waals surface area contributed by atoms with E-state index in [2.05, 4.69) is 27.7 Å². The molecule has 0 saturated carbocycles. The minimum Gasteiger partial charge on any atom is -0.462 e. The van der Waals surface area contributed by atoms with E-state index in [0.717, 1.165) is 116 Å². The molecule has 10 nitrogen and oxygen atoms in total. The summed E-state index contributed by atoms with van der Waals surface area (Å²) in [6, 6.07) is 0. The third kappa shape index (κ3) is 19.0. The molecule has 10 heteroatoms. The second-order valence-electron chi connectivity index (χ2n) is 15.1. The predicted octanol–water partition coefficient (Wildman–Crippen LogP) is 7.78. The lowest BCUT2D eigenvalue weighted by atomic mass is 9.69. The van der Waals surface area contributed by atoms with Crippen molar-refractivity contribution in [3.8, 4) is 0 Å². The van der Waals surface area contributed by atoms with Crippen molar-refractivity contribution in [2.75, 3.05) is 6.61 Å². The summed E-state index contributed by atoms with van der Waals surface area (Å²) in [4.78, 5) is 53.7. The topological polar surface area (TPSA) is 179 Å². The summed E-state index contributed by atoms with van der Waals surface area (Å²) in [7, 11) is 0. The molecule has 5 N–H and O–H groups in total. The summed E-state index contributed by atoms with van der Waals surface area (Å²) in [5.74, 6) is -3.68. The summed E-state index contributed by atoms with van der Waals surface area (Å²) in [5, 5.41) is 57.9. The quantitative estimate of drug-likeness (QED) is 0.0312. The van der Waals surface area contributed by atoms with Crippen LogP contribution in [0, 0.1) is 0 Å². The first-order chi connectivity index (χ1) is 24.9. The third-order valence-corrected chi connectivity index (χ3v) is 10.4. The molecular weight excluding hydrogens is 664 g/mol. The molecule has 0 amide bonds. The molecule has 0 bridgehead atoms. The minimum atomic E-state index is -3.38. The normalized spacial score (nSPS) is 15.7. The van der Waals surface area contributed by atoms with Crippen LogP contribution in [0.1, 0.15) is 207 Å². The van der Waals surface area contributed by atoms with Crippen LogP contribution in [0.3, 0.4) is 0 Å². The molecule has 52 heavy (non-hydrogen) atoms. The number of Topliss-reactive ketones (excluding diaryl/α,β-unsaturated/α-hetero) is 3. The molecule has 0 aromatic heterocycles. The highest BCUT2D eigenvalue weighted by Crippen LogP contribution is 2.35. The van der Waals surface area contributed by atoms with E-state index >= 15 is 0 Å². The van der Waals surface area contributed by atoms with Crippen LogP contribution >= 0.6 is 0 Å². The molecular formula is C42H78O10. The lowest BCUT2D eigenvalue weighted by molar-refractivity contribution is -0.234. The zero-order chi connectivity index (χ0) is 39.3. The Morgan fingerprint density at radius 3 is 1.25 bits per heavy atom. The number of aliphatic hydroxyl groups excluding tert-OH is 3. The molecule has 306 valence electrons. The summed E-state index contributed by atoms with van der Waals surface area (Å²) in [6.07, 6.45) is 12.2. The smallest absolute Gasteiger partial charge is 0.305 e. The number of esters is 1. The van der Waals surface area contributed by atoms with Crippen LogP contribution in [0.5, 0.6) is 0 Å². The summed E-state index contributed by atoms with van der Waals surface area (Å²) >= 11 is 0. The molecule has 0 aromatic carbocycles. The second kappa shape index (κ2) is 30.6. The lowest BCUT2D eigenvalue weighted by Crippen LogP contribution is -2.74. The van der Waals surface area contributed by atoms with Gasteiger partial charge in [0.05, 0.1) is 0 Å². The molecule has 0 aliphatic heterocycles. The van der Waals surface area contributed by atoms with Gasteiger partial charge in [0.15, 0.2) is 28.6 Å². The third-order valence-electron chi connectivity index (χ3n) is 10.4. The number of ketones is 3. The van der Waals surface area contributed by atoms with Crippen LogP contribution in [0.15, 0.2) is 0 Å². The summed E-state index contributed by atoms with van der Waals surface area (Å²) < 4.78 is 5.37. The molecule has 5 atom stereocenters. The van der Waals surface area contributed by atoms with E-state index in [-0.39, 0.29) is 32.1 Å². The number of hydrogen-bond acceptors (Lipinski definition) is 10. The van der Waals surface area contributed by atoms with Crippen molar-refractivity contribution in [3.63, 3.8) is 0 Å². The zero-order valence-corrected chi connectivity index (χ0v) is 33.5. The van der Waals surface area contributed by atoms with Crippen LogP contribution in [0.4, 0.5) is 0 Å². The number of carbonyl (C=O) groups is 4. The Morgan fingerprint density at radius 2 is 0.827 bits per heavy atom. The Kier molecular flexibility index (Phi) is 29.6. The van der Waals surface area contributed by atoms with E-state index in [4.69, 9.17) is 4.74 Å². The highest BCUT2D eigenvalue weighted by molar-refractivity contribution is 6.00. The van der Waals surface area contributed by atoms with Crippen molar-refractivity contribution < 1.29 is 49.4 Å². The van der Waals surface area contributed by atoms with Gasteiger partial charge >= 0.3 is 5.97 Å². The van der Waals surface area contributed by atoms with Gasteiger partial charge in [-0.05, 0) is 25.7 Å². The van der Waals surface area contributed by atoms with E-state index in [0.29, 0.717) is 32.1 Å². The van der Waals surface area contributed by atoms with Crippen molar-refractivity contribution in [2.24, 2.45) is 0 Å². The van der Waals surface area contributed by atoms with E-state index < -0.39 is 59.4 Å². The molecule has 1 unspecified atom stereocenters. The molecule has 0 aliphatic rings. The average Bonchev–Trinajstić information content (AvgIpc) is 3.14. The van der Waals surface area contributed by atoms with Crippen molar-refractivity contribution in [1.29, 1.82) is 0 Å². The molecule has 0 aliphatic carbocycles. The van der Waals surface area contributed by atoms with E-state index in [1.165, 1.54) is 0 Å². The largest absolute Gasteiger partial charge is 0.462 e. The standard InChI is InChI=1S/C42H78O10/c1-5-9-13-17-21-25-29-34(43)38(47)39(48)40(49)42(51,36(45)31-27-23-19-15-11-7-3)41(50,35(44)30-26-22-18-14-10-6-2)33-52-37(46)32-28-24-20-16-12-8-4/h38-40,47-51H,5-33H2,1-4H3/t38?,39-,40+,41-,42-/m0/s1. The maximum absolute atomic E-state index is 14.0. The van der Waals surface area contributed by atoms with Gasteiger partial charge in [0.1, 0.15) is 24.9 Å². The Hall–Kier alpha value is -1.72. The van der Waals surface area contributed by atoms with Crippen molar-refractivity contribution in [1.82, 2.24) is 0 Å². The molecule has 0 spiro atoms. The van der Waals surface area contributed by atoms with Crippen molar-refractivity contribution in [3.05, 3.63) is 0 Å². The highest BCUT2D eigenvalue weighted by atomic mass is 16.5. The number of hydrogen-bond donors (Lipinski definition) is 5. The summed E-state index contributed by atoms with van der Waals surface area (Å²) in [5.41, 5.74) is -6.52. The van der Waals surface area contributed by atoms with Gasteiger partial charge in [-0.2, -0.15) is 0 Å². The highest BCUT2D eigenvalue weighted by Gasteiger charge is 2.65. The second-order valence-corrected chi connectivity index (χ2v) is 15.1. The van der Waals surface area contributed by atoms with Gasteiger partial charge in [0.25, 0.3) is 0 Å². The Bertz CT molecular complexity index is 955. The number of rotatable bonds is 37. The van der Waals surface area contributed by atoms with Crippen LogP contribution in [0.25, 0.3) is 0 Å². The fourth-order valence-electron chi connectivity index (χ4n) is 6.72. The molecule has 0 saturated heterocycles. The Labute approximate surface area is 315 Å². The molecule has 0 radical (unpaired) electrons. The zero-order valence-electron chi connectivity index (χ0n) is 33.5. The van der Waals surface area contributed by atoms with Crippen LogP contribution < -0.4 is 0 Å². The Balaban J connectivity index is 6.33. The van der Waals surface area contributed by atoms with Gasteiger partial charge in [-0.3, -0.25) is 19.2 Å². The maximum Gasteiger partial charge on any atom is 0.305 e. The number of aliphatic hydroxyl groups is 5. The van der Waals surface area contributed by atoms with Crippen LogP contribution in [-0.2, 0) is 23.9 Å². The van der Waals surface area contributed by atoms with Gasteiger partial charge in [-0.25, -0.2) is 0 Å². The number of unbranched alkanes of at least 4 members (excludes halogenated alkanes) is 20.